The Labute approximate surface area is 97.5 Å². The minimum absolute atomic E-state index is 0.0759. The van der Waals surface area contributed by atoms with Gasteiger partial charge in [0, 0.05) is 0 Å². The summed E-state index contributed by atoms with van der Waals surface area (Å²) in [6, 6.07) is 8.64. The van der Waals surface area contributed by atoms with Crippen LogP contribution in [0, 0.1) is 11.8 Å². The fourth-order valence-corrected chi connectivity index (χ4v) is 2.91. The van der Waals surface area contributed by atoms with Crippen LogP contribution in [0.4, 0.5) is 0 Å². The van der Waals surface area contributed by atoms with Gasteiger partial charge in [-0.3, -0.25) is 0 Å². The van der Waals surface area contributed by atoms with Crippen LogP contribution in [0.15, 0.2) is 24.3 Å². The molecule has 0 saturated heterocycles. The molecule has 1 nitrogen and oxygen atoms in total. The van der Waals surface area contributed by atoms with Gasteiger partial charge in [-0.05, 0) is 48.6 Å². The van der Waals surface area contributed by atoms with Gasteiger partial charge >= 0.3 is 0 Å². The molecular weight excluding hydrogens is 196 g/mol. The van der Waals surface area contributed by atoms with Crippen LogP contribution < -0.4 is 0 Å². The zero-order chi connectivity index (χ0) is 11.0. The molecule has 0 aliphatic heterocycles. The SMILES string of the molecule is OC(CCC1CC1)C1Cc2ccccc2C1. The van der Waals surface area contributed by atoms with Gasteiger partial charge in [-0.2, -0.15) is 0 Å². The first-order chi connectivity index (χ1) is 7.83. The van der Waals surface area contributed by atoms with E-state index in [9.17, 15) is 5.11 Å². The maximum absolute atomic E-state index is 10.2. The van der Waals surface area contributed by atoms with Crippen molar-refractivity contribution in [2.45, 2.75) is 44.6 Å². The average Bonchev–Trinajstić information content (AvgIpc) is 3.02. The minimum atomic E-state index is -0.0759. The van der Waals surface area contributed by atoms with Crippen molar-refractivity contribution in [3.8, 4) is 0 Å². The van der Waals surface area contributed by atoms with Crippen molar-refractivity contribution in [2.24, 2.45) is 11.8 Å². The van der Waals surface area contributed by atoms with Crippen molar-refractivity contribution in [2.75, 3.05) is 0 Å². The molecule has 2 aliphatic carbocycles. The highest BCUT2D eigenvalue weighted by Gasteiger charge is 2.29. The van der Waals surface area contributed by atoms with Crippen LogP contribution in [0.3, 0.4) is 0 Å². The second-order valence-corrected chi connectivity index (χ2v) is 5.53. The number of aliphatic hydroxyl groups excluding tert-OH is 1. The normalized spacial score (nSPS) is 22.1. The average molecular weight is 216 g/mol. The van der Waals surface area contributed by atoms with Gasteiger partial charge in [0.1, 0.15) is 0 Å². The van der Waals surface area contributed by atoms with E-state index in [0.717, 1.165) is 25.2 Å². The number of rotatable bonds is 4. The Bertz CT molecular complexity index is 342. The first-order valence-corrected chi connectivity index (χ1v) is 6.58. The Morgan fingerprint density at radius 2 is 1.75 bits per heavy atom. The zero-order valence-electron chi connectivity index (χ0n) is 9.73. The van der Waals surface area contributed by atoms with Gasteiger partial charge in [0.05, 0.1) is 6.10 Å². The second-order valence-electron chi connectivity index (χ2n) is 5.53. The van der Waals surface area contributed by atoms with Crippen LogP contribution in [0.2, 0.25) is 0 Å². The topological polar surface area (TPSA) is 20.2 Å². The third-order valence-corrected chi connectivity index (χ3v) is 4.19. The van der Waals surface area contributed by atoms with Crippen molar-refractivity contribution in [3.63, 3.8) is 0 Å². The molecule has 1 fully saturated rings. The summed E-state index contributed by atoms with van der Waals surface area (Å²) in [4.78, 5) is 0. The van der Waals surface area contributed by atoms with Gasteiger partial charge in [-0.15, -0.1) is 0 Å². The van der Waals surface area contributed by atoms with Crippen LogP contribution >= 0.6 is 0 Å². The molecule has 1 saturated carbocycles. The van der Waals surface area contributed by atoms with Gasteiger partial charge in [0.2, 0.25) is 0 Å². The molecule has 86 valence electrons. The predicted octanol–water partition coefficient (Wildman–Crippen LogP) is 2.95. The molecule has 1 aromatic rings. The number of fused-ring (bicyclic) bond motifs is 1. The van der Waals surface area contributed by atoms with E-state index in [-0.39, 0.29) is 6.10 Å². The van der Waals surface area contributed by atoms with Crippen LogP contribution in [-0.4, -0.2) is 11.2 Å². The molecule has 0 amide bonds. The van der Waals surface area contributed by atoms with Crippen molar-refractivity contribution >= 4 is 0 Å². The number of benzene rings is 1. The molecule has 1 aromatic carbocycles. The lowest BCUT2D eigenvalue weighted by atomic mass is 9.95. The molecule has 0 bridgehead atoms. The molecule has 2 aliphatic rings. The van der Waals surface area contributed by atoms with E-state index in [4.69, 9.17) is 0 Å². The van der Waals surface area contributed by atoms with Gasteiger partial charge < -0.3 is 5.11 Å². The lowest BCUT2D eigenvalue weighted by molar-refractivity contribution is 0.0997. The summed E-state index contributed by atoms with van der Waals surface area (Å²) in [5, 5.41) is 10.2. The first kappa shape index (κ1) is 10.3. The van der Waals surface area contributed by atoms with Crippen molar-refractivity contribution in [1.82, 2.24) is 0 Å². The van der Waals surface area contributed by atoms with Crippen LogP contribution in [0.1, 0.15) is 36.8 Å². The molecular formula is C15H20O. The largest absolute Gasteiger partial charge is 0.393 e. The number of aliphatic hydroxyl groups is 1. The van der Waals surface area contributed by atoms with Gasteiger partial charge in [-0.1, -0.05) is 37.1 Å². The summed E-state index contributed by atoms with van der Waals surface area (Å²) >= 11 is 0. The highest BCUT2D eigenvalue weighted by molar-refractivity contribution is 5.32. The molecule has 0 spiro atoms. The van der Waals surface area contributed by atoms with E-state index in [1.54, 1.807) is 0 Å². The first-order valence-electron chi connectivity index (χ1n) is 6.58. The molecule has 1 atom stereocenters. The fraction of sp³-hybridized carbons (Fsp3) is 0.600. The zero-order valence-corrected chi connectivity index (χ0v) is 9.73. The monoisotopic (exact) mass is 216 g/mol. The highest BCUT2D eigenvalue weighted by atomic mass is 16.3. The van der Waals surface area contributed by atoms with Crippen LogP contribution in [0.5, 0.6) is 0 Å². The molecule has 1 unspecified atom stereocenters. The van der Waals surface area contributed by atoms with E-state index >= 15 is 0 Å². The summed E-state index contributed by atoms with van der Waals surface area (Å²) < 4.78 is 0. The van der Waals surface area contributed by atoms with Crippen LogP contribution in [0.25, 0.3) is 0 Å². The van der Waals surface area contributed by atoms with Gasteiger partial charge in [-0.25, -0.2) is 0 Å². The molecule has 16 heavy (non-hydrogen) atoms. The Balaban J connectivity index is 1.57. The maximum atomic E-state index is 10.2. The van der Waals surface area contributed by atoms with Crippen molar-refractivity contribution in [1.29, 1.82) is 0 Å². The van der Waals surface area contributed by atoms with E-state index in [1.807, 2.05) is 0 Å². The highest BCUT2D eigenvalue weighted by Crippen LogP contribution is 2.36. The summed E-state index contributed by atoms with van der Waals surface area (Å²) in [6.45, 7) is 0. The summed E-state index contributed by atoms with van der Waals surface area (Å²) in [7, 11) is 0. The molecule has 1 N–H and O–H groups in total. The second kappa shape index (κ2) is 4.21. The van der Waals surface area contributed by atoms with E-state index in [0.29, 0.717) is 5.92 Å². The molecule has 1 heteroatoms. The Morgan fingerprint density at radius 1 is 1.12 bits per heavy atom. The minimum Gasteiger partial charge on any atom is -0.393 e. The van der Waals surface area contributed by atoms with E-state index in [2.05, 4.69) is 24.3 Å². The van der Waals surface area contributed by atoms with Gasteiger partial charge in [0.25, 0.3) is 0 Å². The standard InChI is InChI=1S/C15H20O/c16-15(8-7-11-5-6-11)14-9-12-3-1-2-4-13(12)10-14/h1-4,11,14-16H,5-10H2. The van der Waals surface area contributed by atoms with Crippen molar-refractivity contribution in [3.05, 3.63) is 35.4 Å². The molecule has 0 aromatic heterocycles. The quantitative estimate of drug-likeness (QED) is 0.820. The third-order valence-electron chi connectivity index (χ3n) is 4.19. The summed E-state index contributed by atoms with van der Waals surface area (Å²) in [5.41, 5.74) is 2.91. The maximum Gasteiger partial charge on any atom is 0.0574 e. The van der Waals surface area contributed by atoms with E-state index in [1.165, 1.54) is 30.4 Å². The predicted molar refractivity (Wildman–Crippen MR) is 65.3 cm³/mol. The van der Waals surface area contributed by atoms with Crippen LogP contribution in [-0.2, 0) is 12.8 Å². The summed E-state index contributed by atoms with van der Waals surface area (Å²) in [6.07, 6.45) is 7.16. The summed E-state index contributed by atoms with van der Waals surface area (Å²) in [5.74, 6) is 1.43. The molecule has 0 heterocycles. The number of hydrogen-bond donors (Lipinski definition) is 1. The Morgan fingerprint density at radius 3 is 2.31 bits per heavy atom. The Hall–Kier alpha value is -0.820. The molecule has 0 radical (unpaired) electrons. The smallest absolute Gasteiger partial charge is 0.0574 e. The third kappa shape index (κ3) is 2.15. The lowest BCUT2D eigenvalue weighted by Crippen LogP contribution is -2.20. The Kier molecular flexibility index (Phi) is 2.72. The fourth-order valence-electron chi connectivity index (χ4n) is 2.91. The lowest BCUT2D eigenvalue weighted by Gasteiger charge is -2.17. The van der Waals surface area contributed by atoms with Gasteiger partial charge in [0.15, 0.2) is 0 Å². The van der Waals surface area contributed by atoms with E-state index < -0.39 is 0 Å². The number of hydrogen-bond acceptors (Lipinski definition) is 1. The molecule has 3 rings (SSSR count). The van der Waals surface area contributed by atoms with Crippen molar-refractivity contribution < 1.29 is 5.11 Å².